The van der Waals surface area contributed by atoms with Crippen LogP contribution >= 0.6 is 0 Å². The van der Waals surface area contributed by atoms with Gasteiger partial charge in [0.15, 0.2) is 22.6 Å². The number of rotatable bonds is 2. The maximum absolute atomic E-state index is 11.8. The largest absolute Gasteiger partial charge is 0.447 e. The highest BCUT2D eigenvalue weighted by atomic mass is 32.2. The first-order valence-corrected chi connectivity index (χ1v) is 7.35. The highest BCUT2D eigenvalue weighted by molar-refractivity contribution is 7.96. The molecule has 1 aliphatic rings. The maximum atomic E-state index is 11.8. The quantitative estimate of drug-likeness (QED) is 0.586. The second-order valence-electron chi connectivity index (χ2n) is 4.11. The van der Waals surface area contributed by atoms with Gasteiger partial charge in [0.05, 0.1) is 0 Å². The molecule has 2 aromatic carbocycles. The normalized spacial score (nSPS) is 12.8. The van der Waals surface area contributed by atoms with Gasteiger partial charge in [0, 0.05) is 19.2 Å². The molecule has 0 bridgehead atoms. The van der Waals surface area contributed by atoms with Gasteiger partial charge in [-0.05, 0) is 12.1 Å². The van der Waals surface area contributed by atoms with E-state index in [1.165, 1.54) is 0 Å². The van der Waals surface area contributed by atoms with E-state index in [9.17, 15) is 4.79 Å². The van der Waals surface area contributed by atoms with Crippen molar-refractivity contribution >= 4 is 17.1 Å². The number of urea groups is 1. The van der Waals surface area contributed by atoms with Gasteiger partial charge in [0.1, 0.15) is 0 Å². The lowest BCUT2D eigenvalue weighted by Crippen LogP contribution is -2.45. The van der Waals surface area contributed by atoms with Crippen molar-refractivity contribution in [2.45, 2.75) is 9.79 Å². The van der Waals surface area contributed by atoms with Gasteiger partial charge in [-0.3, -0.25) is 5.43 Å². The summed E-state index contributed by atoms with van der Waals surface area (Å²) in [5.74, 6) is 1.55. The van der Waals surface area contributed by atoms with Crippen LogP contribution in [0.15, 0.2) is 58.3 Å². The van der Waals surface area contributed by atoms with Crippen LogP contribution in [0.25, 0.3) is 0 Å². The van der Waals surface area contributed by atoms with Crippen LogP contribution in [0.3, 0.4) is 0 Å². The van der Waals surface area contributed by atoms with E-state index in [2.05, 4.69) is 15.6 Å². The summed E-state index contributed by atoms with van der Waals surface area (Å²) in [6, 6.07) is 15.2. The van der Waals surface area contributed by atoms with E-state index in [4.69, 9.17) is 4.74 Å². The summed E-state index contributed by atoms with van der Waals surface area (Å²) in [5.41, 5.74) is 5.14. The van der Waals surface area contributed by atoms with Gasteiger partial charge >= 0.3 is 6.03 Å². The maximum Gasteiger partial charge on any atom is 0.371 e. The highest BCUT2D eigenvalue weighted by Gasteiger charge is 2.39. The molecule has 5 nitrogen and oxygen atoms in total. The minimum absolute atomic E-state index is 0.276. The number of amides is 2. The first-order valence-electron chi connectivity index (χ1n) is 6.13. The Hall–Kier alpha value is -2.18. The highest BCUT2D eigenvalue weighted by Crippen LogP contribution is 2.41. The Morgan fingerprint density at radius 3 is 2.10 bits per heavy atom. The number of nitrogens with one attached hydrogen (secondary N) is 3. The zero-order chi connectivity index (χ0) is 13.9. The van der Waals surface area contributed by atoms with Crippen LogP contribution in [0, 0.1) is 0 Å². The third-order valence-corrected chi connectivity index (χ3v) is 4.74. The lowest BCUT2D eigenvalue weighted by atomic mass is 10.3. The van der Waals surface area contributed by atoms with Crippen molar-refractivity contribution in [1.82, 2.24) is 15.6 Å². The van der Waals surface area contributed by atoms with Crippen LogP contribution in [0.2, 0.25) is 0 Å². The number of hydrogen-bond donors (Lipinski definition) is 3. The van der Waals surface area contributed by atoms with Crippen molar-refractivity contribution in [2.24, 2.45) is 0 Å². The molecule has 1 aliphatic heterocycles. The smallest absolute Gasteiger partial charge is 0.371 e. The Morgan fingerprint density at radius 1 is 1.00 bits per heavy atom. The molecule has 0 spiro atoms. The molecule has 0 fully saturated rings. The molecule has 1 heterocycles. The molecule has 3 rings (SSSR count). The number of benzene rings is 2. The molecule has 0 radical (unpaired) electrons. The zero-order valence-electron chi connectivity index (χ0n) is 10.8. The fourth-order valence-corrected chi connectivity index (χ4v) is 3.73. The molecular weight excluding hydrogens is 274 g/mol. The molecule has 0 aromatic heterocycles. The SMILES string of the molecule is CNNC(=O)N[S+]1c2ccccc2Oc2ccccc21. The summed E-state index contributed by atoms with van der Waals surface area (Å²) in [4.78, 5) is 13.8. The molecule has 0 saturated heterocycles. The third kappa shape index (κ3) is 2.31. The van der Waals surface area contributed by atoms with Crippen LogP contribution < -0.4 is 20.3 Å². The average molecular weight is 288 g/mol. The molecule has 0 saturated carbocycles. The van der Waals surface area contributed by atoms with Crippen LogP contribution in [-0.4, -0.2) is 13.1 Å². The summed E-state index contributed by atoms with van der Waals surface area (Å²) in [6.07, 6.45) is 0. The molecule has 102 valence electrons. The first kappa shape index (κ1) is 12.8. The Kier molecular flexibility index (Phi) is 3.49. The van der Waals surface area contributed by atoms with Crippen LogP contribution in [-0.2, 0) is 11.1 Å². The number of hydrazine groups is 1. The third-order valence-electron chi connectivity index (χ3n) is 2.79. The van der Waals surface area contributed by atoms with Gasteiger partial charge in [-0.1, -0.05) is 24.3 Å². The van der Waals surface area contributed by atoms with E-state index in [-0.39, 0.29) is 6.03 Å². The predicted octanol–water partition coefficient (Wildman–Crippen LogP) is 2.18. The van der Waals surface area contributed by atoms with Crippen LogP contribution in [0.4, 0.5) is 4.79 Å². The lowest BCUT2D eigenvalue weighted by molar-refractivity contribution is 0.243. The molecule has 6 heteroatoms. The summed E-state index contributed by atoms with van der Waals surface area (Å²) in [5, 5.41) is 0. The Bertz CT molecular complexity index is 602. The van der Waals surface area contributed by atoms with Crippen molar-refractivity contribution in [3.05, 3.63) is 48.5 Å². The molecule has 2 aromatic rings. The summed E-state index contributed by atoms with van der Waals surface area (Å²) in [7, 11) is 1.65. The molecule has 2 amide bonds. The number of para-hydroxylation sites is 2. The molecule has 0 atom stereocenters. The zero-order valence-corrected chi connectivity index (χ0v) is 11.7. The lowest BCUT2D eigenvalue weighted by Gasteiger charge is -2.19. The first-order chi connectivity index (χ1) is 9.79. The van der Waals surface area contributed by atoms with E-state index >= 15 is 0 Å². The van der Waals surface area contributed by atoms with Crippen molar-refractivity contribution in [1.29, 1.82) is 0 Å². The van der Waals surface area contributed by atoms with E-state index < -0.39 is 11.1 Å². The van der Waals surface area contributed by atoms with Gasteiger partial charge in [-0.15, -0.1) is 4.72 Å². The average Bonchev–Trinajstić information content (AvgIpc) is 2.47. The van der Waals surface area contributed by atoms with Gasteiger partial charge in [0.2, 0.25) is 9.79 Å². The minimum Gasteiger partial charge on any atom is -0.447 e. The van der Waals surface area contributed by atoms with E-state index in [1.807, 2.05) is 48.5 Å². The molecule has 3 N–H and O–H groups in total. The van der Waals surface area contributed by atoms with E-state index in [1.54, 1.807) is 7.05 Å². The molecule has 0 aliphatic carbocycles. The van der Waals surface area contributed by atoms with Crippen LogP contribution in [0.5, 0.6) is 11.5 Å². The number of hydrogen-bond acceptors (Lipinski definition) is 3. The van der Waals surface area contributed by atoms with Crippen molar-refractivity contribution in [3.63, 3.8) is 0 Å². The predicted molar refractivity (Wildman–Crippen MR) is 77.6 cm³/mol. The van der Waals surface area contributed by atoms with Crippen molar-refractivity contribution in [3.8, 4) is 11.5 Å². The van der Waals surface area contributed by atoms with E-state index in [0.717, 1.165) is 21.3 Å². The van der Waals surface area contributed by atoms with Gasteiger partial charge in [0.25, 0.3) is 0 Å². The number of fused-ring (bicyclic) bond motifs is 2. The fraction of sp³-hybridized carbons (Fsp3) is 0.0714. The summed E-state index contributed by atoms with van der Waals surface area (Å²) < 4.78 is 8.84. The molecule has 0 unspecified atom stereocenters. The summed E-state index contributed by atoms with van der Waals surface area (Å²) >= 11 is -0.553. The molecule has 20 heavy (non-hydrogen) atoms. The van der Waals surface area contributed by atoms with Crippen molar-refractivity contribution in [2.75, 3.05) is 7.05 Å². The topological polar surface area (TPSA) is 62.4 Å². The number of ether oxygens (including phenoxy) is 1. The van der Waals surface area contributed by atoms with Gasteiger partial charge < -0.3 is 4.74 Å². The Balaban J connectivity index is 2.01. The monoisotopic (exact) mass is 288 g/mol. The van der Waals surface area contributed by atoms with Gasteiger partial charge in [-0.2, -0.15) is 0 Å². The van der Waals surface area contributed by atoms with Gasteiger partial charge in [-0.25, -0.2) is 10.2 Å². The fourth-order valence-electron chi connectivity index (χ4n) is 1.98. The second kappa shape index (κ2) is 5.44. The van der Waals surface area contributed by atoms with Crippen LogP contribution in [0.1, 0.15) is 0 Å². The Morgan fingerprint density at radius 2 is 1.55 bits per heavy atom. The number of carbonyl (C=O) groups is 1. The number of carbonyl (C=O) groups excluding carboxylic acids is 1. The molecular formula is C14H14N3O2S+. The summed E-state index contributed by atoms with van der Waals surface area (Å²) in [6.45, 7) is 0. The van der Waals surface area contributed by atoms with Crippen molar-refractivity contribution < 1.29 is 9.53 Å². The van der Waals surface area contributed by atoms with E-state index in [0.29, 0.717) is 0 Å². The standard InChI is InChI=1S/C14H13N3O2S/c1-15-16-14(18)17-20-12-8-4-2-6-10(12)19-11-7-3-5-9-13(11)20/h2-9,15H,1H3,(H-,16,17,18)/p+1. The second-order valence-corrected chi connectivity index (χ2v) is 5.80. The minimum atomic E-state index is -0.553. The Labute approximate surface area is 119 Å².